The van der Waals surface area contributed by atoms with E-state index in [0.717, 1.165) is 30.6 Å². The maximum atomic E-state index is 12.5. The van der Waals surface area contributed by atoms with Crippen LogP contribution in [0.1, 0.15) is 70.6 Å². The van der Waals surface area contributed by atoms with E-state index >= 15 is 0 Å². The molecule has 6 nitrogen and oxygen atoms in total. The van der Waals surface area contributed by atoms with E-state index in [2.05, 4.69) is 21.5 Å². The third-order valence-electron chi connectivity index (χ3n) is 7.15. The number of thiocarbonyl (C=S) groups is 1. The molecular weight excluding hydrogens is 360 g/mol. The highest BCUT2D eigenvalue weighted by molar-refractivity contribution is 7.80. The van der Waals surface area contributed by atoms with E-state index in [0.29, 0.717) is 17.6 Å². The van der Waals surface area contributed by atoms with Gasteiger partial charge in [-0.05, 0) is 86.8 Å². The molecule has 0 spiro atoms. The Morgan fingerprint density at radius 2 is 1.48 bits per heavy atom. The van der Waals surface area contributed by atoms with Crippen LogP contribution < -0.4 is 21.5 Å². The maximum absolute atomic E-state index is 12.5. The average molecular weight is 393 g/mol. The van der Waals surface area contributed by atoms with Gasteiger partial charge in [-0.3, -0.25) is 20.4 Å². The molecule has 5 aliphatic carbocycles. The fourth-order valence-corrected chi connectivity index (χ4v) is 6.77. The van der Waals surface area contributed by atoms with Crippen LogP contribution >= 0.6 is 12.2 Å². The highest BCUT2D eigenvalue weighted by atomic mass is 32.1. The van der Waals surface area contributed by atoms with Gasteiger partial charge in [0.25, 0.3) is 5.91 Å². The van der Waals surface area contributed by atoms with Crippen molar-refractivity contribution in [3.8, 4) is 0 Å². The highest BCUT2D eigenvalue weighted by Crippen LogP contribution is 2.61. The van der Waals surface area contributed by atoms with Crippen molar-refractivity contribution in [2.75, 3.05) is 6.54 Å². The quantitative estimate of drug-likeness (QED) is 0.426. The van der Waals surface area contributed by atoms with Crippen LogP contribution in [0.3, 0.4) is 0 Å². The van der Waals surface area contributed by atoms with Crippen molar-refractivity contribution in [3.05, 3.63) is 0 Å². The van der Waals surface area contributed by atoms with Crippen molar-refractivity contribution in [1.29, 1.82) is 0 Å². The number of rotatable bonds is 5. The lowest BCUT2D eigenvalue weighted by molar-refractivity contribution is -0.132. The van der Waals surface area contributed by atoms with Gasteiger partial charge in [0.15, 0.2) is 5.11 Å². The first-order chi connectivity index (χ1) is 13.0. The summed E-state index contributed by atoms with van der Waals surface area (Å²) >= 11 is 5.19. The van der Waals surface area contributed by atoms with Gasteiger partial charge in [-0.25, -0.2) is 0 Å². The van der Waals surface area contributed by atoms with E-state index < -0.39 is 0 Å². The van der Waals surface area contributed by atoms with Gasteiger partial charge in [0.05, 0.1) is 6.54 Å². The molecule has 4 N–H and O–H groups in total. The molecule has 5 rings (SSSR count). The molecule has 0 aromatic carbocycles. The number of hydrazine groups is 1. The van der Waals surface area contributed by atoms with E-state index in [9.17, 15) is 9.59 Å². The number of hydrogen-bond acceptors (Lipinski definition) is 3. The number of carbonyl (C=O) groups is 2. The summed E-state index contributed by atoms with van der Waals surface area (Å²) in [5.41, 5.74) is 5.50. The Labute approximate surface area is 167 Å². The summed E-state index contributed by atoms with van der Waals surface area (Å²) in [6, 6.07) is 0.405. The molecule has 0 saturated heterocycles. The largest absolute Gasteiger partial charge is 0.359 e. The van der Waals surface area contributed by atoms with Gasteiger partial charge in [-0.15, -0.1) is 0 Å². The van der Waals surface area contributed by atoms with Crippen molar-refractivity contribution in [3.63, 3.8) is 0 Å². The van der Waals surface area contributed by atoms with Crippen LogP contribution in [0.2, 0.25) is 0 Å². The summed E-state index contributed by atoms with van der Waals surface area (Å²) < 4.78 is 0. The number of amides is 2. The van der Waals surface area contributed by atoms with Crippen LogP contribution in [0.25, 0.3) is 0 Å². The van der Waals surface area contributed by atoms with E-state index in [4.69, 9.17) is 12.2 Å². The Morgan fingerprint density at radius 3 is 2.07 bits per heavy atom. The molecule has 27 heavy (non-hydrogen) atoms. The van der Waals surface area contributed by atoms with Crippen LogP contribution in [0.5, 0.6) is 0 Å². The van der Waals surface area contributed by atoms with Crippen molar-refractivity contribution in [1.82, 2.24) is 21.5 Å². The van der Waals surface area contributed by atoms with Crippen LogP contribution in [0, 0.1) is 23.2 Å². The van der Waals surface area contributed by atoms with E-state index in [1.165, 1.54) is 51.4 Å². The van der Waals surface area contributed by atoms with E-state index in [1.807, 2.05) is 0 Å². The normalized spacial score (nSPS) is 34.3. The molecule has 0 aliphatic heterocycles. The summed E-state index contributed by atoms with van der Waals surface area (Å²) in [4.78, 5) is 24.4. The molecule has 0 aromatic rings. The fourth-order valence-electron chi connectivity index (χ4n) is 6.55. The zero-order chi connectivity index (χ0) is 18.9. The summed E-state index contributed by atoms with van der Waals surface area (Å²) in [5, 5.41) is 6.44. The molecule has 4 bridgehead atoms. The van der Waals surface area contributed by atoms with Crippen molar-refractivity contribution in [2.45, 2.75) is 76.7 Å². The second-order valence-corrected chi connectivity index (χ2v) is 9.91. The van der Waals surface area contributed by atoms with Crippen LogP contribution in [-0.4, -0.2) is 29.5 Å². The first-order valence-corrected chi connectivity index (χ1v) is 11.0. The lowest BCUT2D eigenvalue weighted by Gasteiger charge is -2.56. The second-order valence-electron chi connectivity index (χ2n) is 9.50. The fraction of sp³-hybridized carbons (Fsp3) is 0.850. The summed E-state index contributed by atoms with van der Waals surface area (Å²) in [5.74, 6) is 2.25. The molecule has 5 fully saturated rings. The molecule has 7 heteroatoms. The molecule has 5 saturated carbocycles. The summed E-state index contributed by atoms with van der Waals surface area (Å²) in [7, 11) is 0. The molecule has 2 amide bonds. The minimum absolute atomic E-state index is 0.00968. The highest BCUT2D eigenvalue weighted by Gasteiger charge is 2.51. The lowest BCUT2D eigenvalue weighted by atomic mass is 9.49. The zero-order valence-electron chi connectivity index (χ0n) is 16.0. The third kappa shape index (κ3) is 4.73. The van der Waals surface area contributed by atoms with E-state index in [1.54, 1.807) is 0 Å². The molecule has 0 unspecified atom stereocenters. The first kappa shape index (κ1) is 19.0. The maximum Gasteiger partial charge on any atom is 0.257 e. The molecular formula is C20H32N4O2S. The molecule has 0 aromatic heterocycles. The Morgan fingerprint density at radius 1 is 0.889 bits per heavy atom. The summed E-state index contributed by atoms with van der Waals surface area (Å²) in [6.45, 7) is -0.00968. The van der Waals surface area contributed by atoms with E-state index in [-0.39, 0.29) is 23.8 Å². The number of nitrogens with one attached hydrogen (secondary N) is 4. The van der Waals surface area contributed by atoms with Gasteiger partial charge in [0.1, 0.15) is 0 Å². The van der Waals surface area contributed by atoms with Gasteiger partial charge in [-0.1, -0.05) is 12.8 Å². The molecule has 0 radical (unpaired) electrons. The Kier molecular flexibility index (Phi) is 5.58. The van der Waals surface area contributed by atoms with Gasteiger partial charge in [0.2, 0.25) is 5.91 Å². The second kappa shape index (κ2) is 7.94. The summed E-state index contributed by atoms with van der Waals surface area (Å²) in [6.07, 6.45) is 13.0. The van der Waals surface area contributed by atoms with Gasteiger partial charge in [0, 0.05) is 12.5 Å². The van der Waals surface area contributed by atoms with Crippen molar-refractivity contribution in [2.24, 2.45) is 23.2 Å². The lowest BCUT2D eigenvalue weighted by Crippen LogP contribution is -2.52. The van der Waals surface area contributed by atoms with Gasteiger partial charge < -0.3 is 10.6 Å². The minimum atomic E-state index is -0.274. The van der Waals surface area contributed by atoms with Gasteiger partial charge in [-0.2, -0.15) is 0 Å². The molecule has 150 valence electrons. The average Bonchev–Trinajstić information content (AvgIpc) is 3.09. The Hall–Kier alpha value is -1.37. The third-order valence-corrected chi connectivity index (χ3v) is 7.37. The minimum Gasteiger partial charge on any atom is -0.359 e. The van der Waals surface area contributed by atoms with Crippen molar-refractivity contribution >= 4 is 29.1 Å². The predicted octanol–water partition coefficient (Wildman–Crippen LogP) is 2.15. The SMILES string of the molecule is O=C(CC12CC3CC(CC(C3)C1)C2)NCC(=O)NNC(=S)NC1CCCC1. The number of carbonyl (C=O) groups excluding carboxylic acids is 2. The molecule has 0 atom stereocenters. The Balaban J connectivity index is 1.15. The van der Waals surface area contributed by atoms with Crippen LogP contribution in [0.4, 0.5) is 0 Å². The Bertz CT molecular complexity index is 568. The molecule has 5 aliphatic rings. The van der Waals surface area contributed by atoms with Crippen LogP contribution in [-0.2, 0) is 9.59 Å². The van der Waals surface area contributed by atoms with Crippen LogP contribution in [0.15, 0.2) is 0 Å². The smallest absolute Gasteiger partial charge is 0.257 e. The predicted molar refractivity (Wildman–Crippen MR) is 107 cm³/mol. The monoisotopic (exact) mass is 392 g/mol. The molecule has 0 heterocycles. The standard InChI is InChI=1S/C20H32N4O2S/c25-17(11-20-8-13-5-14(9-20)7-15(6-13)10-20)21-12-18(26)23-24-19(27)22-16-3-1-2-4-16/h13-16H,1-12H2,(H,21,25)(H,23,26)(H2,22,24,27). The van der Waals surface area contributed by atoms with Crippen molar-refractivity contribution < 1.29 is 9.59 Å². The van der Waals surface area contributed by atoms with Gasteiger partial charge >= 0.3 is 0 Å². The number of hydrogen-bond donors (Lipinski definition) is 4. The zero-order valence-corrected chi connectivity index (χ0v) is 16.8. The topological polar surface area (TPSA) is 82.3 Å². The first-order valence-electron chi connectivity index (χ1n) is 10.6.